The van der Waals surface area contributed by atoms with Gasteiger partial charge in [-0.05, 0) is 38.0 Å². The van der Waals surface area contributed by atoms with Crippen molar-refractivity contribution in [2.45, 2.75) is 97.6 Å². The summed E-state index contributed by atoms with van der Waals surface area (Å²) in [5, 5.41) is 30.6. The number of esters is 2. The van der Waals surface area contributed by atoms with Crippen molar-refractivity contribution in [1.82, 2.24) is 9.97 Å². The number of ether oxygens (including phenoxy) is 2. The van der Waals surface area contributed by atoms with Crippen LogP contribution in [0.2, 0.25) is 0 Å². The van der Waals surface area contributed by atoms with Gasteiger partial charge in [0.15, 0.2) is 11.4 Å². The summed E-state index contributed by atoms with van der Waals surface area (Å²) in [7, 11) is 0. The van der Waals surface area contributed by atoms with E-state index in [0.717, 1.165) is 6.42 Å². The molecule has 0 amide bonds. The Hall–Kier alpha value is -4.84. The van der Waals surface area contributed by atoms with Crippen LogP contribution in [-0.2, 0) is 9.47 Å². The van der Waals surface area contributed by atoms with Gasteiger partial charge >= 0.3 is 11.9 Å². The highest BCUT2D eigenvalue weighted by atomic mass is 16.6. The van der Waals surface area contributed by atoms with E-state index in [4.69, 9.17) is 23.4 Å². The van der Waals surface area contributed by atoms with Crippen LogP contribution >= 0.6 is 0 Å². The molecule has 292 valence electrons. The quantitative estimate of drug-likeness (QED) is 0.176. The summed E-state index contributed by atoms with van der Waals surface area (Å²) >= 11 is 0. The highest BCUT2D eigenvalue weighted by Gasteiger charge is 2.38. The summed E-state index contributed by atoms with van der Waals surface area (Å²) in [5.41, 5.74) is -0.821. The maximum Gasteiger partial charge on any atom is 0.360 e. The molecule has 0 aromatic carbocycles. The average molecular weight is 745 g/mol. The lowest BCUT2D eigenvalue weighted by molar-refractivity contribution is -0.0457. The fraction of sp³-hybridized carbons (Fsp3) is 0.442. The van der Waals surface area contributed by atoms with E-state index in [1.54, 1.807) is 48.6 Å². The van der Waals surface area contributed by atoms with Gasteiger partial charge in [-0.3, -0.25) is 0 Å². The van der Waals surface area contributed by atoms with Crippen LogP contribution in [0.15, 0.2) is 106 Å². The van der Waals surface area contributed by atoms with Gasteiger partial charge in [-0.15, -0.1) is 0 Å². The second-order valence-corrected chi connectivity index (χ2v) is 13.9. The Bertz CT molecular complexity index is 1690. The minimum Gasteiger partial charge on any atom is -0.457 e. The maximum atomic E-state index is 13.3. The van der Waals surface area contributed by atoms with E-state index in [0.29, 0.717) is 25.7 Å². The molecule has 4 bridgehead atoms. The van der Waals surface area contributed by atoms with E-state index >= 15 is 0 Å². The zero-order valence-electron chi connectivity index (χ0n) is 32.0. The van der Waals surface area contributed by atoms with E-state index in [-0.39, 0.29) is 48.0 Å². The molecule has 0 radical (unpaired) electrons. The Morgan fingerprint density at radius 1 is 0.796 bits per heavy atom. The second-order valence-electron chi connectivity index (χ2n) is 13.9. The van der Waals surface area contributed by atoms with Crippen molar-refractivity contribution in [3.8, 4) is 0 Å². The Morgan fingerprint density at radius 3 is 1.89 bits per heavy atom. The highest BCUT2D eigenvalue weighted by molar-refractivity contribution is 5.87. The first kappa shape index (κ1) is 43.6. The third-order valence-electron chi connectivity index (χ3n) is 8.79. The first-order chi connectivity index (χ1) is 25.9. The van der Waals surface area contributed by atoms with Crippen LogP contribution < -0.4 is 0 Å². The standard InChI is InChI=1S/C43H56N2O9/c1-6-17-33(47)28-34-22-11-7-18-31(2)20-9-14-26-40-45-36(30-52-40)42(50)54-38(43(4,5)37(48)23-15-16-27-46)24-12-8-19-32(3)21-10-13-25-39-44-35(29-51-39)41(49)53-34/h6-15,17,20-21,23,25-26,29-34,37-38,46-48H,16,18-19,22,24,27-28H2,1-5H3/b11-7-,12-8-,17-6+,20-9+,21-10+,23-15+,25-13-,26-14-/t31-,32-,33-,34-,37-,38-/m0/s1. The van der Waals surface area contributed by atoms with Gasteiger partial charge in [-0.1, -0.05) is 113 Å². The van der Waals surface area contributed by atoms with Gasteiger partial charge in [0.1, 0.15) is 24.7 Å². The van der Waals surface area contributed by atoms with Crippen molar-refractivity contribution in [2.75, 3.05) is 6.61 Å². The fourth-order valence-corrected chi connectivity index (χ4v) is 5.35. The predicted molar refractivity (Wildman–Crippen MR) is 209 cm³/mol. The first-order valence-electron chi connectivity index (χ1n) is 18.5. The second kappa shape index (κ2) is 23.1. The number of hydrogen-bond acceptors (Lipinski definition) is 11. The molecule has 6 atom stereocenters. The number of fused-ring (bicyclic) bond motifs is 4. The highest BCUT2D eigenvalue weighted by Crippen LogP contribution is 2.32. The van der Waals surface area contributed by atoms with Crippen molar-refractivity contribution in [3.63, 3.8) is 0 Å². The third-order valence-corrected chi connectivity index (χ3v) is 8.79. The summed E-state index contributed by atoms with van der Waals surface area (Å²) in [6.07, 6.45) is 31.5. The van der Waals surface area contributed by atoms with Crippen LogP contribution in [0.3, 0.4) is 0 Å². The van der Waals surface area contributed by atoms with Crippen molar-refractivity contribution in [1.29, 1.82) is 0 Å². The molecular weight excluding hydrogens is 688 g/mol. The van der Waals surface area contributed by atoms with Crippen LogP contribution in [0.25, 0.3) is 12.2 Å². The molecule has 0 saturated heterocycles. The summed E-state index contributed by atoms with van der Waals surface area (Å²) in [5.74, 6) is -0.471. The topological polar surface area (TPSA) is 165 Å². The Balaban J connectivity index is 1.84. The number of hydrogen-bond donors (Lipinski definition) is 3. The zero-order valence-corrected chi connectivity index (χ0v) is 32.0. The number of cyclic esters (lactones) is 2. The zero-order chi connectivity index (χ0) is 39.3. The molecule has 2 aromatic heterocycles. The van der Waals surface area contributed by atoms with Gasteiger partial charge in [0.25, 0.3) is 0 Å². The van der Waals surface area contributed by atoms with Crippen molar-refractivity contribution < 1.29 is 43.2 Å². The monoisotopic (exact) mass is 744 g/mol. The van der Waals surface area contributed by atoms with Gasteiger partial charge in [0.05, 0.1) is 12.2 Å². The van der Waals surface area contributed by atoms with Gasteiger partial charge in [-0.2, -0.15) is 0 Å². The van der Waals surface area contributed by atoms with Crippen LogP contribution in [-0.4, -0.2) is 68.2 Å². The molecule has 1 aliphatic heterocycles. The Kier molecular flexibility index (Phi) is 18.6. The van der Waals surface area contributed by atoms with E-state index in [9.17, 15) is 19.8 Å². The lowest BCUT2D eigenvalue weighted by Gasteiger charge is -2.36. The molecule has 11 nitrogen and oxygen atoms in total. The number of aliphatic hydroxyl groups is 3. The number of nitrogens with zero attached hydrogens (tertiary/aromatic N) is 2. The minimum absolute atomic E-state index is 0.0156. The number of rotatable bonds is 8. The van der Waals surface area contributed by atoms with Crippen LogP contribution in [0, 0.1) is 17.3 Å². The van der Waals surface area contributed by atoms with Gasteiger partial charge < -0.3 is 33.6 Å². The van der Waals surface area contributed by atoms with Gasteiger partial charge in [-0.25, -0.2) is 19.6 Å². The molecule has 3 N–H and O–H groups in total. The van der Waals surface area contributed by atoms with E-state index in [1.165, 1.54) is 12.5 Å². The number of oxazole rings is 2. The largest absolute Gasteiger partial charge is 0.457 e. The molecule has 0 unspecified atom stereocenters. The first-order valence-corrected chi connectivity index (χ1v) is 18.5. The third kappa shape index (κ3) is 15.3. The lowest BCUT2D eigenvalue weighted by Crippen LogP contribution is -2.42. The Labute approximate surface area is 318 Å². The molecule has 0 fully saturated rings. The number of carbonyl (C=O) groups is 2. The molecule has 3 heterocycles. The fourth-order valence-electron chi connectivity index (χ4n) is 5.35. The molecule has 11 heteroatoms. The van der Waals surface area contributed by atoms with Crippen LogP contribution in [0.5, 0.6) is 0 Å². The molecule has 0 spiro atoms. The average Bonchev–Trinajstić information content (AvgIpc) is 3.82. The molecule has 2 aromatic rings. The number of aliphatic hydroxyl groups excluding tert-OH is 3. The molecule has 1 aliphatic rings. The number of carbonyl (C=O) groups excluding carboxylic acids is 2. The van der Waals surface area contributed by atoms with Crippen LogP contribution in [0.1, 0.15) is 106 Å². The molecule has 3 rings (SSSR count). The molecule has 0 aliphatic carbocycles. The molecule has 54 heavy (non-hydrogen) atoms. The summed E-state index contributed by atoms with van der Waals surface area (Å²) in [6, 6.07) is 0. The van der Waals surface area contributed by atoms with E-state index in [2.05, 4.69) is 23.8 Å². The van der Waals surface area contributed by atoms with Crippen LogP contribution in [0.4, 0.5) is 0 Å². The van der Waals surface area contributed by atoms with Gasteiger partial charge in [0, 0.05) is 43.4 Å². The van der Waals surface area contributed by atoms with E-state index < -0.39 is 41.8 Å². The number of aromatic nitrogens is 2. The summed E-state index contributed by atoms with van der Waals surface area (Å²) < 4.78 is 22.7. The minimum atomic E-state index is -0.947. The van der Waals surface area contributed by atoms with Gasteiger partial charge in [0.2, 0.25) is 11.8 Å². The molecular formula is C43H56N2O9. The summed E-state index contributed by atoms with van der Waals surface area (Å²) in [6.45, 7) is 9.54. The number of allylic oxidation sites excluding steroid dienone is 9. The Morgan fingerprint density at radius 2 is 1.33 bits per heavy atom. The van der Waals surface area contributed by atoms with Crippen molar-refractivity contribution >= 4 is 24.1 Å². The smallest absolute Gasteiger partial charge is 0.360 e. The maximum absolute atomic E-state index is 13.3. The van der Waals surface area contributed by atoms with Crippen molar-refractivity contribution in [2.24, 2.45) is 17.3 Å². The SMILES string of the molecule is C/C=C/[C@H](O)C[C@@H]1C/C=C\C[C@H](C)/C=C/C=C\c2nc(co2)C(=O)O[C@H](C(C)(C)[C@@H](O)/C=C/CCO)C/C=C\C[C@H](C)/C=C/C=C\c2nc(co2)C(=O)O1. The normalized spacial score (nSPS) is 26.3. The van der Waals surface area contributed by atoms with E-state index in [1.807, 2.05) is 69.4 Å². The lowest BCUT2D eigenvalue weighted by atomic mass is 9.78. The predicted octanol–water partition coefficient (Wildman–Crippen LogP) is 8.16. The molecule has 0 saturated carbocycles. The summed E-state index contributed by atoms with van der Waals surface area (Å²) in [4.78, 5) is 34.8. The van der Waals surface area contributed by atoms with Crippen molar-refractivity contribution in [3.05, 3.63) is 121 Å².